The molecule has 1 aromatic carbocycles. The van der Waals surface area contributed by atoms with E-state index in [-0.39, 0.29) is 22.3 Å². The third-order valence-electron chi connectivity index (χ3n) is 2.18. The lowest BCUT2D eigenvalue weighted by molar-refractivity contribution is 0.102. The van der Waals surface area contributed by atoms with Gasteiger partial charge in [0.25, 0.3) is 0 Å². The van der Waals surface area contributed by atoms with Crippen LogP contribution in [0.25, 0.3) is 0 Å². The summed E-state index contributed by atoms with van der Waals surface area (Å²) in [6.45, 7) is 3.59. The number of hydrogen-bond acceptors (Lipinski definition) is 3. The quantitative estimate of drug-likeness (QED) is 0.785. The van der Waals surface area contributed by atoms with Crippen LogP contribution in [0.1, 0.15) is 24.2 Å². The summed E-state index contributed by atoms with van der Waals surface area (Å²) in [5, 5.41) is 0.571. The number of rotatable bonds is 5. The minimum Gasteiger partial charge on any atom is -0.293 e. The number of carbonyl (C=O) groups is 1. The van der Waals surface area contributed by atoms with Crippen molar-refractivity contribution in [1.29, 1.82) is 0 Å². The molecule has 0 fully saturated rings. The summed E-state index contributed by atoms with van der Waals surface area (Å²) in [7, 11) is -3.38. The number of halogens is 2. The molecule has 1 rings (SSSR count). The van der Waals surface area contributed by atoms with Crippen LogP contribution in [-0.4, -0.2) is 25.7 Å². The minimum absolute atomic E-state index is 0.0000614. The average molecular weight is 309 g/mol. The second kappa shape index (κ2) is 6.04. The van der Waals surface area contributed by atoms with E-state index in [1.807, 2.05) is 0 Å². The molecule has 3 nitrogen and oxygen atoms in total. The van der Waals surface area contributed by atoms with Crippen molar-refractivity contribution in [2.24, 2.45) is 5.92 Å². The Morgan fingerprint density at radius 2 is 1.83 bits per heavy atom. The highest BCUT2D eigenvalue weighted by molar-refractivity contribution is 7.92. The van der Waals surface area contributed by atoms with Gasteiger partial charge in [-0.05, 0) is 24.1 Å². The topological polar surface area (TPSA) is 51.2 Å². The lowest BCUT2D eigenvalue weighted by Gasteiger charge is -2.07. The number of benzene rings is 1. The smallest absolute Gasteiger partial charge is 0.177 e. The molecule has 0 unspecified atom stereocenters. The Balaban J connectivity index is 2.86. The highest BCUT2D eigenvalue weighted by Crippen LogP contribution is 2.23. The lowest BCUT2D eigenvalue weighted by Crippen LogP contribution is -2.21. The third-order valence-corrected chi connectivity index (χ3v) is 4.80. The van der Waals surface area contributed by atoms with Crippen molar-refractivity contribution in [2.45, 2.75) is 13.8 Å². The van der Waals surface area contributed by atoms with E-state index in [1.54, 1.807) is 13.8 Å². The van der Waals surface area contributed by atoms with Crippen LogP contribution in [0.3, 0.4) is 0 Å². The van der Waals surface area contributed by atoms with E-state index >= 15 is 0 Å². The normalized spacial score (nSPS) is 11.8. The first-order valence-corrected chi connectivity index (χ1v) is 7.97. The fraction of sp³-hybridized carbons (Fsp3) is 0.417. The van der Waals surface area contributed by atoms with E-state index in [9.17, 15) is 13.2 Å². The number of Topliss-reactive ketones (excluding diaryl/α,β-unsaturated/α-hetero) is 1. The summed E-state index contributed by atoms with van der Waals surface area (Å²) in [5.41, 5.74) is 0.261. The largest absolute Gasteiger partial charge is 0.293 e. The van der Waals surface area contributed by atoms with Gasteiger partial charge in [0.1, 0.15) is 5.75 Å². The average Bonchev–Trinajstić information content (AvgIpc) is 2.19. The highest BCUT2D eigenvalue weighted by Gasteiger charge is 2.19. The van der Waals surface area contributed by atoms with E-state index < -0.39 is 21.4 Å². The van der Waals surface area contributed by atoms with Crippen LogP contribution >= 0.6 is 23.2 Å². The molecule has 18 heavy (non-hydrogen) atoms. The predicted molar refractivity (Wildman–Crippen MR) is 74.3 cm³/mol. The minimum atomic E-state index is -3.38. The van der Waals surface area contributed by atoms with Crippen LogP contribution in [-0.2, 0) is 9.84 Å². The van der Waals surface area contributed by atoms with Crippen LogP contribution < -0.4 is 0 Å². The Morgan fingerprint density at radius 3 is 2.33 bits per heavy atom. The lowest BCUT2D eigenvalue weighted by atomic mass is 10.1. The maximum atomic E-state index is 11.8. The molecule has 0 heterocycles. The molecule has 0 saturated carbocycles. The highest BCUT2D eigenvalue weighted by atomic mass is 35.5. The van der Waals surface area contributed by atoms with Crippen LogP contribution in [0.5, 0.6) is 0 Å². The van der Waals surface area contributed by atoms with Gasteiger partial charge in [0, 0.05) is 5.56 Å². The molecule has 0 aliphatic heterocycles. The summed E-state index contributed by atoms with van der Waals surface area (Å²) < 4.78 is 23.4. The zero-order valence-corrected chi connectivity index (χ0v) is 12.4. The molecule has 0 aliphatic rings. The summed E-state index contributed by atoms with van der Waals surface area (Å²) in [6, 6.07) is 4.34. The van der Waals surface area contributed by atoms with Crippen LogP contribution in [0, 0.1) is 5.92 Å². The van der Waals surface area contributed by atoms with E-state index in [0.29, 0.717) is 5.02 Å². The third kappa shape index (κ3) is 4.59. The maximum absolute atomic E-state index is 11.8. The summed E-state index contributed by atoms with van der Waals surface area (Å²) >= 11 is 11.5. The molecule has 0 saturated heterocycles. The summed E-state index contributed by atoms with van der Waals surface area (Å²) in [6.07, 6.45) is 0. The molecule has 6 heteroatoms. The van der Waals surface area contributed by atoms with Gasteiger partial charge < -0.3 is 0 Å². The Hall–Kier alpha value is -0.580. The predicted octanol–water partition coefficient (Wildman–Crippen LogP) is 3.25. The van der Waals surface area contributed by atoms with Gasteiger partial charge >= 0.3 is 0 Å². The van der Waals surface area contributed by atoms with Gasteiger partial charge in [0.2, 0.25) is 0 Å². The molecule has 0 aromatic heterocycles. The van der Waals surface area contributed by atoms with Crippen LogP contribution in [0.4, 0.5) is 0 Å². The molecule has 100 valence electrons. The Morgan fingerprint density at radius 1 is 1.22 bits per heavy atom. The van der Waals surface area contributed by atoms with E-state index in [4.69, 9.17) is 23.2 Å². The zero-order chi connectivity index (χ0) is 13.9. The molecule has 1 aromatic rings. The van der Waals surface area contributed by atoms with Crippen molar-refractivity contribution < 1.29 is 13.2 Å². The molecular weight excluding hydrogens is 295 g/mol. The van der Waals surface area contributed by atoms with Crippen molar-refractivity contribution in [2.75, 3.05) is 11.5 Å². The Labute approximate surface area is 117 Å². The second-order valence-electron chi connectivity index (χ2n) is 4.50. The van der Waals surface area contributed by atoms with Gasteiger partial charge in [-0.25, -0.2) is 8.42 Å². The van der Waals surface area contributed by atoms with Gasteiger partial charge in [-0.15, -0.1) is 0 Å². The van der Waals surface area contributed by atoms with Crippen LogP contribution in [0.15, 0.2) is 18.2 Å². The summed E-state index contributed by atoms with van der Waals surface area (Å²) in [4.78, 5) is 11.8. The van der Waals surface area contributed by atoms with Crippen molar-refractivity contribution in [3.8, 4) is 0 Å². The molecule has 0 amide bonds. The van der Waals surface area contributed by atoms with Gasteiger partial charge in [0.15, 0.2) is 15.6 Å². The van der Waals surface area contributed by atoms with Gasteiger partial charge in [-0.2, -0.15) is 0 Å². The molecule has 0 radical (unpaired) electrons. The van der Waals surface area contributed by atoms with Gasteiger partial charge in [-0.1, -0.05) is 37.0 Å². The van der Waals surface area contributed by atoms with Crippen molar-refractivity contribution in [1.82, 2.24) is 0 Å². The maximum Gasteiger partial charge on any atom is 0.177 e. The first-order chi connectivity index (χ1) is 8.21. The number of hydrogen-bond donors (Lipinski definition) is 0. The van der Waals surface area contributed by atoms with Crippen LogP contribution in [0.2, 0.25) is 10.0 Å². The first-order valence-electron chi connectivity index (χ1n) is 5.40. The molecule has 0 aliphatic carbocycles. The Bertz CT molecular complexity index is 550. The standard InChI is InChI=1S/C12H14Cl2O3S/c1-8(2)6-18(16,17)7-12(15)9-3-4-10(13)11(14)5-9/h3-5,8H,6-7H2,1-2H3. The van der Waals surface area contributed by atoms with Crippen molar-refractivity contribution >= 4 is 38.8 Å². The Kier molecular flexibility index (Phi) is 5.20. The number of ketones is 1. The fourth-order valence-electron chi connectivity index (χ4n) is 1.52. The van der Waals surface area contributed by atoms with E-state index in [2.05, 4.69) is 0 Å². The van der Waals surface area contributed by atoms with E-state index in [1.165, 1.54) is 18.2 Å². The molecular formula is C12H14Cl2O3S. The van der Waals surface area contributed by atoms with Crippen molar-refractivity contribution in [3.63, 3.8) is 0 Å². The van der Waals surface area contributed by atoms with Crippen molar-refractivity contribution in [3.05, 3.63) is 33.8 Å². The monoisotopic (exact) mass is 308 g/mol. The summed E-state index contributed by atoms with van der Waals surface area (Å²) in [5.74, 6) is -0.964. The van der Waals surface area contributed by atoms with Gasteiger partial charge in [-0.3, -0.25) is 4.79 Å². The van der Waals surface area contributed by atoms with E-state index in [0.717, 1.165) is 0 Å². The molecule has 0 spiro atoms. The molecule has 0 bridgehead atoms. The van der Waals surface area contributed by atoms with Gasteiger partial charge in [0.05, 0.1) is 15.8 Å². The SMILES string of the molecule is CC(C)CS(=O)(=O)CC(=O)c1ccc(Cl)c(Cl)c1. The fourth-order valence-corrected chi connectivity index (χ4v) is 3.52. The molecule has 0 N–H and O–H groups in total. The number of sulfone groups is 1. The second-order valence-corrected chi connectivity index (χ2v) is 7.42. The first kappa shape index (κ1) is 15.5. The number of carbonyl (C=O) groups excluding carboxylic acids is 1. The zero-order valence-electron chi connectivity index (χ0n) is 10.1. The molecule has 0 atom stereocenters.